The van der Waals surface area contributed by atoms with Crippen LogP contribution in [0.5, 0.6) is 0 Å². The first-order chi connectivity index (χ1) is 15.8. The van der Waals surface area contributed by atoms with Gasteiger partial charge in [0.1, 0.15) is 5.76 Å². The SMILES string of the molecule is O=C(Nc1ccccc1N1CCN(Cc2ccno2)CC1)c1ccc(C2CCOCC2)o1. The van der Waals surface area contributed by atoms with E-state index in [2.05, 4.69) is 26.3 Å². The minimum atomic E-state index is -0.222. The summed E-state index contributed by atoms with van der Waals surface area (Å²) in [6.07, 6.45) is 3.54. The van der Waals surface area contributed by atoms with Crippen LogP contribution >= 0.6 is 0 Å². The number of carbonyl (C=O) groups is 1. The predicted octanol–water partition coefficient (Wildman–Crippen LogP) is 3.74. The van der Waals surface area contributed by atoms with Gasteiger partial charge in [-0.25, -0.2) is 0 Å². The Balaban J connectivity index is 1.22. The Hall–Kier alpha value is -3.10. The number of para-hydroxylation sites is 2. The lowest BCUT2D eigenvalue weighted by Gasteiger charge is -2.36. The lowest BCUT2D eigenvalue weighted by Crippen LogP contribution is -2.46. The molecule has 1 N–H and O–H groups in total. The minimum absolute atomic E-state index is 0.222. The first kappa shape index (κ1) is 20.8. The molecule has 168 valence electrons. The molecule has 4 heterocycles. The fourth-order valence-electron chi connectivity index (χ4n) is 4.41. The summed E-state index contributed by atoms with van der Waals surface area (Å²) in [6, 6.07) is 13.5. The van der Waals surface area contributed by atoms with Crippen LogP contribution in [0.2, 0.25) is 0 Å². The largest absolute Gasteiger partial charge is 0.456 e. The van der Waals surface area contributed by atoms with Crippen molar-refractivity contribution in [1.29, 1.82) is 0 Å². The molecule has 3 aromatic rings. The van der Waals surface area contributed by atoms with Gasteiger partial charge in [0.2, 0.25) is 0 Å². The Morgan fingerprint density at radius 2 is 1.84 bits per heavy atom. The Morgan fingerprint density at radius 1 is 1.03 bits per heavy atom. The molecule has 2 aromatic heterocycles. The van der Waals surface area contributed by atoms with Crippen molar-refractivity contribution in [2.45, 2.75) is 25.3 Å². The number of benzene rings is 1. The van der Waals surface area contributed by atoms with E-state index in [1.165, 1.54) is 0 Å². The Kier molecular flexibility index (Phi) is 6.22. The number of hydrogen-bond acceptors (Lipinski definition) is 7. The van der Waals surface area contributed by atoms with E-state index in [4.69, 9.17) is 13.7 Å². The maximum Gasteiger partial charge on any atom is 0.291 e. The molecule has 2 aliphatic rings. The Bertz CT molecular complexity index is 1020. The summed E-state index contributed by atoms with van der Waals surface area (Å²) >= 11 is 0. The molecule has 1 aromatic carbocycles. The average molecular weight is 437 g/mol. The summed E-state index contributed by atoms with van der Waals surface area (Å²) in [5.41, 5.74) is 1.82. The predicted molar refractivity (Wildman–Crippen MR) is 120 cm³/mol. The number of nitrogens with zero attached hydrogens (tertiary/aromatic N) is 3. The van der Waals surface area contributed by atoms with Crippen LogP contribution in [-0.4, -0.2) is 55.4 Å². The van der Waals surface area contributed by atoms with Gasteiger partial charge >= 0.3 is 0 Å². The van der Waals surface area contributed by atoms with Crippen molar-refractivity contribution in [2.75, 3.05) is 49.6 Å². The van der Waals surface area contributed by atoms with E-state index in [1.54, 1.807) is 12.3 Å². The zero-order valence-electron chi connectivity index (χ0n) is 18.0. The van der Waals surface area contributed by atoms with Crippen molar-refractivity contribution in [3.8, 4) is 0 Å². The molecule has 0 bridgehead atoms. The van der Waals surface area contributed by atoms with E-state index in [0.29, 0.717) is 11.7 Å². The summed E-state index contributed by atoms with van der Waals surface area (Å²) in [5, 5.41) is 6.83. The molecular formula is C24H28N4O4. The van der Waals surface area contributed by atoms with Crippen LogP contribution in [0, 0.1) is 0 Å². The van der Waals surface area contributed by atoms with Crippen molar-refractivity contribution >= 4 is 17.3 Å². The van der Waals surface area contributed by atoms with Gasteiger partial charge in [-0.05, 0) is 37.1 Å². The zero-order chi connectivity index (χ0) is 21.8. The van der Waals surface area contributed by atoms with Crippen LogP contribution in [0.15, 0.2) is 57.6 Å². The maximum atomic E-state index is 12.9. The van der Waals surface area contributed by atoms with Crippen LogP contribution in [0.1, 0.15) is 40.8 Å². The maximum absolute atomic E-state index is 12.9. The van der Waals surface area contributed by atoms with Gasteiger partial charge in [0.25, 0.3) is 5.91 Å². The highest BCUT2D eigenvalue weighted by Crippen LogP contribution is 2.30. The molecule has 1 amide bonds. The number of rotatable bonds is 6. The van der Waals surface area contributed by atoms with Gasteiger partial charge in [0, 0.05) is 51.4 Å². The molecule has 2 aliphatic heterocycles. The Morgan fingerprint density at radius 3 is 2.62 bits per heavy atom. The third-order valence-electron chi connectivity index (χ3n) is 6.21. The molecule has 8 heteroatoms. The van der Waals surface area contributed by atoms with E-state index in [0.717, 1.165) is 81.7 Å². The van der Waals surface area contributed by atoms with Gasteiger partial charge in [-0.3, -0.25) is 9.69 Å². The van der Waals surface area contributed by atoms with Gasteiger partial charge in [-0.15, -0.1) is 0 Å². The van der Waals surface area contributed by atoms with Crippen LogP contribution < -0.4 is 10.2 Å². The molecule has 0 radical (unpaired) electrons. The number of nitrogens with one attached hydrogen (secondary N) is 1. The molecule has 0 unspecified atom stereocenters. The third kappa shape index (κ3) is 4.71. The molecule has 2 saturated heterocycles. The molecule has 0 atom stereocenters. The Labute approximate surface area is 187 Å². The van der Waals surface area contributed by atoms with Crippen LogP contribution in [0.4, 0.5) is 11.4 Å². The number of amides is 1. The smallest absolute Gasteiger partial charge is 0.291 e. The number of furan rings is 1. The summed E-state index contributed by atoms with van der Waals surface area (Å²) in [7, 11) is 0. The normalized spacial score (nSPS) is 18.1. The molecular weight excluding hydrogens is 408 g/mol. The van der Waals surface area contributed by atoms with Gasteiger partial charge in [-0.1, -0.05) is 17.3 Å². The molecule has 8 nitrogen and oxygen atoms in total. The van der Waals surface area contributed by atoms with Gasteiger partial charge in [-0.2, -0.15) is 0 Å². The molecule has 2 fully saturated rings. The first-order valence-corrected chi connectivity index (χ1v) is 11.2. The lowest BCUT2D eigenvalue weighted by atomic mass is 9.98. The van der Waals surface area contributed by atoms with Crippen molar-refractivity contribution in [1.82, 2.24) is 10.1 Å². The number of ether oxygens (including phenoxy) is 1. The van der Waals surface area contributed by atoms with Gasteiger partial charge in [0.05, 0.1) is 24.1 Å². The summed E-state index contributed by atoms with van der Waals surface area (Å²) in [5.74, 6) is 2.20. The fraction of sp³-hybridized carbons (Fsp3) is 0.417. The quantitative estimate of drug-likeness (QED) is 0.630. The van der Waals surface area contributed by atoms with E-state index >= 15 is 0 Å². The highest BCUT2D eigenvalue weighted by atomic mass is 16.5. The number of piperazine rings is 1. The average Bonchev–Trinajstić information content (AvgIpc) is 3.53. The topological polar surface area (TPSA) is 84.0 Å². The van der Waals surface area contributed by atoms with Crippen LogP contribution in [-0.2, 0) is 11.3 Å². The second-order valence-electron chi connectivity index (χ2n) is 8.30. The van der Waals surface area contributed by atoms with Crippen LogP contribution in [0.3, 0.4) is 0 Å². The van der Waals surface area contributed by atoms with Gasteiger partial charge < -0.3 is 23.9 Å². The third-order valence-corrected chi connectivity index (χ3v) is 6.21. The van der Waals surface area contributed by atoms with Crippen molar-refractivity contribution in [3.05, 3.63) is 65.9 Å². The highest BCUT2D eigenvalue weighted by Gasteiger charge is 2.23. The summed E-state index contributed by atoms with van der Waals surface area (Å²) in [4.78, 5) is 17.6. The van der Waals surface area contributed by atoms with Gasteiger partial charge in [0.15, 0.2) is 11.5 Å². The lowest BCUT2D eigenvalue weighted by molar-refractivity contribution is 0.0799. The second-order valence-corrected chi connectivity index (χ2v) is 8.30. The van der Waals surface area contributed by atoms with Crippen molar-refractivity contribution in [3.63, 3.8) is 0 Å². The highest BCUT2D eigenvalue weighted by molar-refractivity contribution is 6.04. The second kappa shape index (κ2) is 9.58. The molecule has 0 aliphatic carbocycles. The zero-order valence-corrected chi connectivity index (χ0v) is 18.0. The molecule has 32 heavy (non-hydrogen) atoms. The standard InChI is InChI=1S/C24H28N4O4/c29-24(23-6-5-22(31-23)18-8-15-30-16-9-18)26-20-3-1-2-4-21(20)28-13-11-27(12-14-28)17-19-7-10-25-32-19/h1-7,10,18H,8-9,11-17H2,(H,26,29). The van der Waals surface area contributed by atoms with Crippen LogP contribution in [0.25, 0.3) is 0 Å². The monoisotopic (exact) mass is 436 g/mol. The van der Waals surface area contributed by atoms with E-state index in [-0.39, 0.29) is 5.91 Å². The minimum Gasteiger partial charge on any atom is -0.456 e. The molecule has 5 rings (SSSR count). The number of hydrogen-bond donors (Lipinski definition) is 1. The first-order valence-electron chi connectivity index (χ1n) is 11.2. The van der Waals surface area contributed by atoms with Crippen molar-refractivity contribution in [2.24, 2.45) is 0 Å². The summed E-state index contributed by atoms with van der Waals surface area (Å²) in [6.45, 7) is 5.81. The molecule has 0 saturated carbocycles. The van der Waals surface area contributed by atoms with E-state index in [9.17, 15) is 4.79 Å². The fourth-order valence-corrected chi connectivity index (χ4v) is 4.41. The number of carbonyl (C=O) groups excluding carboxylic acids is 1. The number of aromatic nitrogens is 1. The number of anilines is 2. The van der Waals surface area contributed by atoms with E-state index in [1.807, 2.05) is 30.3 Å². The summed E-state index contributed by atoms with van der Waals surface area (Å²) < 4.78 is 16.6. The van der Waals surface area contributed by atoms with Crippen molar-refractivity contribution < 1.29 is 18.5 Å². The molecule has 0 spiro atoms. The van der Waals surface area contributed by atoms with E-state index < -0.39 is 0 Å².